The molecule has 2 aromatic carbocycles. The summed E-state index contributed by atoms with van der Waals surface area (Å²) in [5.74, 6) is -0.312. The van der Waals surface area contributed by atoms with Crippen molar-refractivity contribution >= 4 is 28.1 Å². The summed E-state index contributed by atoms with van der Waals surface area (Å²) in [6, 6.07) is 15.2. The van der Waals surface area contributed by atoms with E-state index in [1.165, 1.54) is 11.1 Å². The third kappa shape index (κ3) is 2.52. The van der Waals surface area contributed by atoms with Gasteiger partial charge in [-0.1, -0.05) is 18.2 Å². The van der Waals surface area contributed by atoms with Gasteiger partial charge >= 0.3 is 0 Å². The van der Waals surface area contributed by atoms with Crippen molar-refractivity contribution in [3.63, 3.8) is 0 Å². The lowest BCUT2D eigenvalue weighted by molar-refractivity contribution is 0.102. The van der Waals surface area contributed by atoms with Gasteiger partial charge in [-0.05, 0) is 61.6 Å². The molecule has 2 heterocycles. The maximum Gasteiger partial charge on any atom is 0.277 e. The van der Waals surface area contributed by atoms with Gasteiger partial charge in [-0.15, -0.1) is 0 Å². The van der Waals surface area contributed by atoms with Gasteiger partial charge in [0.2, 0.25) is 0 Å². The van der Waals surface area contributed by atoms with Crippen LogP contribution in [0.3, 0.4) is 0 Å². The van der Waals surface area contributed by atoms with Crippen molar-refractivity contribution in [2.75, 3.05) is 5.32 Å². The summed E-state index contributed by atoms with van der Waals surface area (Å²) in [6.45, 7) is 2.49. The zero-order valence-corrected chi connectivity index (χ0v) is 15.6. The summed E-state index contributed by atoms with van der Waals surface area (Å²) in [7, 11) is 0. The number of amides is 1. The number of carbonyl (C=O) groups is 1. The van der Waals surface area contributed by atoms with Crippen LogP contribution in [-0.2, 0) is 19.4 Å². The molecular weight excluding hydrogens is 352 g/mol. The zero-order valence-electron chi connectivity index (χ0n) is 15.6. The molecule has 0 spiro atoms. The fraction of sp³-hybridized carbons (Fsp3) is 0.227. The Bertz CT molecular complexity index is 1300. The van der Waals surface area contributed by atoms with Crippen LogP contribution in [0.5, 0.6) is 0 Å². The van der Waals surface area contributed by atoms with Crippen LogP contribution < -0.4 is 10.9 Å². The van der Waals surface area contributed by atoms with Crippen molar-refractivity contribution < 1.29 is 4.79 Å². The first-order valence-electron chi connectivity index (χ1n) is 9.60. The molecule has 1 amide bonds. The van der Waals surface area contributed by atoms with Crippen molar-refractivity contribution in [3.05, 3.63) is 75.7 Å². The Morgan fingerprint density at radius 3 is 2.64 bits per heavy atom. The summed E-state index contributed by atoms with van der Waals surface area (Å²) in [6.07, 6.45) is 3.32. The summed E-state index contributed by atoms with van der Waals surface area (Å²) in [5, 5.41) is 7.36. The molecule has 0 saturated heterocycles. The number of carbonyl (C=O) groups excluding carboxylic acids is 1. The maximum absolute atomic E-state index is 12.9. The SMILES string of the molecule is CCn1c(=O)c2cc(C(=O)Nc3ccc4c(c3)CCC4)nn2c2ccccc21. The number of anilines is 1. The molecule has 0 radical (unpaired) electrons. The van der Waals surface area contributed by atoms with Gasteiger partial charge in [-0.25, -0.2) is 4.52 Å². The number of para-hydroxylation sites is 2. The Morgan fingerprint density at radius 1 is 1.04 bits per heavy atom. The Labute approximate surface area is 161 Å². The lowest BCUT2D eigenvalue weighted by Gasteiger charge is -2.09. The predicted octanol–water partition coefficient (Wildman–Crippen LogP) is 3.41. The standard InChI is InChI=1S/C22H20N4O2/c1-2-25-18-8-3-4-9-19(18)26-20(22(25)28)13-17(24-26)21(27)23-16-11-10-14-6-5-7-15(14)12-16/h3-4,8-13H,2,5-7H2,1H3,(H,23,27). The van der Waals surface area contributed by atoms with Gasteiger partial charge in [0, 0.05) is 18.3 Å². The highest BCUT2D eigenvalue weighted by molar-refractivity contribution is 6.04. The molecule has 140 valence electrons. The first-order valence-corrected chi connectivity index (χ1v) is 9.60. The molecule has 6 nitrogen and oxygen atoms in total. The molecule has 0 aliphatic heterocycles. The third-order valence-electron chi connectivity index (χ3n) is 5.48. The molecule has 0 unspecified atom stereocenters. The van der Waals surface area contributed by atoms with Gasteiger partial charge in [0.05, 0.1) is 11.0 Å². The van der Waals surface area contributed by atoms with E-state index in [2.05, 4.69) is 16.5 Å². The average molecular weight is 372 g/mol. The van der Waals surface area contributed by atoms with Crippen LogP contribution in [0.1, 0.15) is 35.0 Å². The molecule has 0 atom stereocenters. The van der Waals surface area contributed by atoms with E-state index in [1.54, 1.807) is 15.1 Å². The second kappa shape index (κ2) is 6.34. The molecule has 1 N–H and O–H groups in total. The highest BCUT2D eigenvalue weighted by Crippen LogP contribution is 2.25. The molecule has 28 heavy (non-hydrogen) atoms. The fourth-order valence-electron chi connectivity index (χ4n) is 4.11. The number of aryl methyl sites for hydroxylation is 3. The van der Waals surface area contributed by atoms with Crippen LogP contribution in [0.2, 0.25) is 0 Å². The van der Waals surface area contributed by atoms with Crippen molar-refractivity contribution in [3.8, 4) is 0 Å². The highest BCUT2D eigenvalue weighted by Gasteiger charge is 2.18. The highest BCUT2D eigenvalue weighted by atomic mass is 16.2. The maximum atomic E-state index is 12.9. The summed E-state index contributed by atoms with van der Waals surface area (Å²) < 4.78 is 3.27. The van der Waals surface area contributed by atoms with E-state index < -0.39 is 0 Å². The summed E-state index contributed by atoms with van der Waals surface area (Å²) in [5.41, 5.74) is 5.51. The van der Waals surface area contributed by atoms with Crippen molar-refractivity contribution in [2.24, 2.45) is 0 Å². The van der Waals surface area contributed by atoms with Crippen molar-refractivity contribution in [2.45, 2.75) is 32.7 Å². The third-order valence-corrected chi connectivity index (χ3v) is 5.48. The minimum absolute atomic E-state index is 0.148. The first-order chi connectivity index (χ1) is 13.7. The van der Waals surface area contributed by atoms with Crippen LogP contribution in [0.4, 0.5) is 5.69 Å². The van der Waals surface area contributed by atoms with Crippen molar-refractivity contribution in [1.29, 1.82) is 0 Å². The topological polar surface area (TPSA) is 68.4 Å². The molecule has 4 aromatic rings. The molecule has 6 heteroatoms. The number of fused-ring (bicyclic) bond motifs is 4. The zero-order chi connectivity index (χ0) is 19.3. The van der Waals surface area contributed by atoms with Gasteiger partial charge in [0.15, 0.2) is 5.69 Å². The smallest absolute Gasteiger partial charge is 0.277 e. The van der Waals surface area contributed by atoms with Gasteiger partial charge < -0.3 is 9.88 Å². The molecular formula is C22H20N4O2. The minimum atomic E-state index is -0.312. The second-order valence-electron chi connectivity index (χ2n) is 7.16. The molecule has 1 aliphatic carbocycles. The van der Waals surface area contributed by atoms with E-state index in [0.29, 0.717) is 12.1 Å². The second-order valence-corrected chi connectivity index (χ2v) is 7.16. The van der Waals surface area contributed by atoms with Crippen molar-refractivity contribution in [1.82, 2.24) is 14.2 Å². The van der Waals surface area contributed by atoms with Gasteiger partial charge in [0.1, 0.15) is 5.52 Å². The average Bonchev–Trinajstić information content (AvgIpc) is 3.35. The predicted molar refractivity (Wildman–Crippen MR) is 109 cm³/mol. The van der Waals surface area contributed by atoms with Crippen LogP contribution in [-0.4, -0.2) is 20.1 Å². The molecule has 0 saturated carbocycles. The van der Waals surface area contributed by atoms with E-state index in [9.17, 15) is 9.59 Å². The largest absolute Gasteiger partial charge is 0.321 e. The molecule has 1 aliphatic rings. The molecule has 0 bridgehead atoms. The molecule has 5 rings (SSSR count). The lowest BCUT2D eigenvalue weighted by Crippen LogP contribution is -2.22. The van der Waals surface area contributed by atoms with Crippen LogP contribution in [0, 0.1) is 0 Å². The Balaban J connectivity index is 1.58. The first kappa shape index (κ1) is 16.7. The molecule has 2 aromatic heterocycles. The monoisotopic (exact) mass is 372 g/mol. The van der Waals surface area contributed by atoms with Crippen LogP contribution in [0.15, 0.2) is 53.3 Å². The van der Waals surface area contributed by atoms with Gasteiger partial charge in [0.25, 0.3) is 11.5 Å². The Morgan fingerprint density at radius 2 is 1.82 bits per heavy atom. The fourth-order valence-corrected chi connectivity index (χ4v) is 4.11. The van der Waals surface area contributed by atoms with Gasteiger partial charge in [-0.2, -0.15) is 5.10 Å². The lowest BCUT2D eigenvalue weighted by atomic mass is 10.1. The van der Waals surface area contributed by atoms with E-state index in [4.69, 9.17) is 0 Å². The molecule has 0 fully saturated rings. The number of nitrogens with zero attached hydrogens (tertiary/aromatic N) is 3. The van der Waals surface area contributed by atoms with Crippen LogP contribution >= 0.6 is 0 Å². The summed E-state index contributed by atoms with van der Waals surface area (Å²) in [4.78, 5) is 25.7. The quantitative estimate of drug-likeness (QED) is 0.599. The summed E-state index contributed by atoms with van der Waals surface area (Å²) >= 11 is 0. The minimum Gasteiger partial charge on any atom is -0.321 e. The van der Waals surface area contributed by atoms with E-state index in [-0.39, 0.29) is 17.2 Å². The number of rotatable bonds is 3. The van der Waals surface area contributed by atoms with Crippen LogP contribution in [0.25, 0.3) is 16.6 Å². The van der Waals surface area contributed by atoms with E-state index in [0.717, 1.165) is 36.0 Å². The Hall–Kier alpha value is -3.41. The normalized spacial score (nSPS) is 13.2. The Kier molecular flexibility index (Phi) is 3.79. The number of hydrogen-bond donors (Lipinski definition) is 1. The number of aromatic nitrogens is 3. The van der Waals surface area contributed by atoms with Gasteiger partial charge in [-0.3, -0.25) is 9.59 Å². The number of nitrogens with one attached hydrogen (secondary N) is 1. The number of benzene rings is 2. The van der Waals surface area contributed by atoms with E-state index >= 15 is 0 Å². The van der Waals surface area contributed by atoms with E-state index in [1.807, 2.05) is 43.3 Å². The number of hydrogen-bond acceptors (Lipinski definition) is 3.